The lowest BCUT2D eigenvalue weighted by molar-refractivity contribution is -0.205. The van der Waals surface area contributed by atoms with Crippen molar-refractivity contribution in [2.45, 2.75) is 57.2 Å². The van der Waals surface area contributed by atoms with Gasteiger partial charge in [-0.15, -0.1) is 0 Å². The molecule has 1 amide bonds. The van der Waals surface area contributed by atoms with Gasteiger partial charge in [-0.05, 0) is 56.2 Å². The number of nitrogens with zero attached hydrogens (tertiary/aromatic N) is 1. The number of hydrogen-bond donors (Lipinski definition) is 0. The van der Waals surface area contributed by atoms with Gasteiger partial charge in [-0.2, -0.15) is 13.2 Å². The first-order chi connectivity index (χ1) is 14.1. The van der Waals surface area contributed by atoms with Gasteiger partial charge in [0.05, 0.1) is 37.2 Å². The minimum Gasteiger partial charge on any atom is -0.465 e. The van der Waals surface area contributed by atoms with Crippen molar-refractivity contribution >= 4 is 11.9 Å². The summed E-state index contributed by atoms with van der Waals surface area (Å²) in [5, 5.41) is 0. The van der Waals surface area contributed by atoms with E-state index in [0.717, 1.165) is 18.4 Å². The first kappa shape index (κ1) is 22.6. The summed E-state index contributed by atoms with van der Waals surface area (Å²) in [6.45, 7) is 2.48. The summed E-state index contributed by atoms with van der Waals surface area (Å²) in [6, 6.07) is 7.31. The molecule has 1 aromatic rings. The summed E-state index contributed by atoms with van der Waals surface area (Å²) < 4.78 is 49.0. The van der Waals surface area contributed by atoms with Crippen LogP contribution in [0.3, 0.4) is 0 Å². The summed E-state index contributed by atoms with van der Waals surface area (Å²) in [5.41, 5.74) is -0.0822. The molecule has 8 heteroatoms. The Balaban J connectivity index is 1.43. The van der Waals surface area contributed by atoms with Crippen LogP contribution in [0.4, 0.5) is 13.2 Å². The van der Waals surface area contributed by atoms with Crippen LogP contribution in [0.2, 0.25) is 0 Å². The molecule has 0 bridgehead atoms. The van der Waals surface area contributed by atoms with Crippen LogP contribution in [0.1, 0.15) is 60.9 Å². The average Bonchev–Trinajstić information content (AvgIpc) is 3.53. The molecule has 2 fully saturated rings. The molecule has 0 radical (unpaired) electrons. The predicted molar refractivity (Wildman–Crippen MR) is 104 cm³/mol. The second-order valence-corrected chi connectivity index (χ2v) is 8.37. The Hall–Kier alpha value is -2.09. The van der Waals surface area contributed by atoms with E-state index in [0.29, 0.717) is 24.6 Å². The monoisotopic (exact) mass is 427 g/mol. The highest BCUT2D eigenvalue weighted by atomic mass is 19.4. The van der Waals surface area contributed by atoms with E-state index in [-0.39, 0.29) is 37.7 Å². The van der Waals surface area contributed by atoms with Gasteiger partial charge in [0.15, 0.2) is 0 Å². The van der Waals surface area contributed by atoms with Gasteiger partial charge in [0.25, 0.3) is 0 Å². The van der Waals surface area contributed by atoms with E-state index < -0.39 is 17.7 Å². The molecule has 3 rings (SSSR count). The van der Waals surface area contributed by atoms with E-state index in [1.807, 2.05) is 12.1 Å². The van der Waals surface area contributed by atoms with Crippen LogP contribution in [-0.4, -0.2) is 55.9 Å². The molecule has 0 unspecified atom stereocenters. The molecule has 0 N–H and O–H groups in total. The molecule has 5 nitrogen and oxygen atoms in total. The molecule has 1 aliphatic carbocycles. The molecule has 0 aromatic heterocycles. The Kier molecular flexibility index (Phi) is 6.75. The van der Waals surface area contributed by atoms with Crippen molar-refractivity contribution in [3.05, 3.63) is 35.4 Å². The van der Waals surface area contributed by atoms with E-state index in [9.17, 15) is 22.8 Å². The van der Waals surface area contributed by atoms with Gasteiger partial charge in [-0.25, -0.2) is 4.79 Å². The maximum Gasteiger partial charge on any atom is 0.396 e. The number of rotatable bonds is 7. The number of carbonyl (C=O) groups is 2. The molecule has 0 spiro atoms. The minimum absolute atomic E-state index is 0.0844. The van der Waals surface area contributed by atoms with Gasteiger partial charge in [0.1, 0.15) is 0 Å². The van der Waals surface area contributed by atoms with Crippen LogP contribution in [0.15, 0.2) is 24.3 Å². The lowest BCUT2D eigenvalue weighted by Crippen LogP contribution is -2.39. The van der Waals surface area contributed by atoms with E-state index in [4.69, 9.17) is 9.47 Å². The number of amides is 1. The topological polar surface area (TPSA) is 55.8 Å². The Morgan fingerprint density at radius 3 is 2.27 bits per heavy atom. The largest absolute Gasteiger partial charge is 0.465 e. The fourth-order valence-electron chi connectivity index (χ4n) is 3.87. The van der Waals surface area contributed by atoms with Gasteiger partial charge in [-0.1, -0.05) is 12.1 Å². The van der Waals surface area contributed by atoms with E-state index >= 15 is 0 Å². The van der Waals surface area contributed by atoms with Crippen LogP contribution in [0.5, 0.6) is 0 Å². The van der Waals surface area contributed by atoms with E-state index in [1.165, 1.54) is 7.11 Å². The molecule has 1 saturated carbocycles. The zero-order valence-corrected chi connectivity index (χ0v) is 17.3. The maximum absolute atomic E-state index is 13.0. The van der Waals surface area contributed by atoms with Crippen molar-refractivity contribution in [3.8, 4) is 0 Å². The van der Waals surface area contributed by atoms with Crippen molar-refractivity contribution < 1.29 is 32.2 Å². The lowest BCUT2D eigenvalue weighted by Gasteiger charge is -2.33. The highest BCUT2D eigenvalue weighted by Gasteiger charge is 2.63. The molecule has 1 atom stereocenters. The van der Waals surface area contributed by atoms with Crippen LogP contribution in [0, 0.1) is 5.41 Å². The number of hydrogen-bond acceptors (Lipinski definition) is 4. The smallest absolute Gasteiger partial charge is 0.396 e. The number of esters is 1. The number of methoxy groups -OCH3 is 1. The lowest BCUT2D eigenvalue weighted by atomic mass is 9.89. The first-order valence-corrected chi connectivity index (χ1v) is 10.3. The Labute approximate surface area is 174 Å². The third-order valence-corrected chi connectivity index (χ3v) is 6.21. The van der Waals surface area contributed by atoms with Crippen molar-refractivity contribution in [2.75, 3.05) is 26.8 Å². The zero-order valence-electron chi connectivity index (χ0n) is 17.3. The third kappa shape index (κ3) is 5.14. The van der Waals surface area contributed by atoms with Crippen LogP contribution >= 0.6 is 0 Å². The normalized spacial score (nSPS) is 20.0. The van der Waals surface area contributed by atoms with Gasteiger partial charge in [0.2, 0.25) is 5.91 Å². The second-order valence-electron chi connectivity index (χ2n) is 8.37. The van der Waals surface area contributed by atoms with E-state index in [2.05, 4.69) is 0 Å². The molecule has 2 aliphatic rings. The highest BCUT2D eigenvalue weighted by molar-refractivity contribution is 5.89. The highest BCUT2D eigenvalue weighted by Crippen LogP contribution is 2.57. The van der Waals surface area contributed by atoms with Crippen LogP contribution < -0.4 is 0 Å². The minimum atomic E-state index is -4.24. The Morgan fingerprint density at radius 2 is 1.77 bits per heavy atom. The fraction of sp³-hybridized carbons (Fsp3) is 0.636. The average molecular weight is 427 g/mol. The van der Waals surface area contributed by atoms with Gasteiger partial charge < -0.3 is 14.4 Å². The summed E-state index contributed by atoms with van der Waals surface area (Å²) in [4.78, 5) is 25.8. The number of alkyl halides is 3. The van der Waals surface area contributed by atoms with E-state index in [1.54, 1.807) is 24.0 Å². The molecule has 1 heterocycles. The van der Waals surface area contributed by atoms with Crippen molar-refractivity contribution in [2.24, 2.45) is 5.41 Å². The summed E-state index contributed by atoms with van der Waals surface area (Å²) in [7, 11) is 1.34. The third-order valence-electron chi connectivity index (χ3n) is 6.21. The summed E-state index contributed by atoms with van der Waals surface area (Å²) in [5.74, 6) is -0.157. The first-order valence-electron chi connectivity index (χ1n) is 10.3. The fourth-order valence-corrected chi connectivity index (χ4v) is 3.87. The van der Waals surface area contributed by atoms with Crippen LogP contribution in [-0.2, 0) is 14.3 Å². The van der Waals surface area contributed by atoms with Crippen molar-refractivity contribution in [1.29, 1.82) is 0 Å². The summed E-state index contributed by atoms with van der Waals surface area (Å²) in [6.07, 6.45) is -2.89. The number of halogens is 3. The van der Waals surface area contributed by atoms with Crippen LogP contribution in [0.25, 0.3) is 0 Å². The summed E-state index contributed by atoms with van der Waals surface area (Å²) >= 11 is 0. The molecule has 1 aliphatic heterocycles. The van der Waals surface area contributed by atoms with Gasteiger partial charge >= 0.3 is 12.1 Å². The van der Waals surface area contributed by atoms with Crippen molar-refractivity contribution in [1.82, 2.24) is 4.90 Å². The standard InChI is InChI=1S/C22H28F3NO4/c1-15(30-14-21(9-10-21)22(23,24)25)13-19(27)26-11-7-17(8-12-26)16-3-5-18(6-4-16)20(28)29-2/h3-6,15,17H,7-14H2,1-2H3/t15-/m1/s1. The number of piperidine rings is 1. The second kappa shape index (κ2) is 8.96. The Bertz CT molecular complexity index is 751. The quantitative estimate of drug-likeness (QED) is 0.609. The maximum atomic E-state index is 13.0. The SMILES string of the molecule is COC(=O)c1ccc(C2CCN(C(=O)C[C@@H](C)OCC3(C(F)(F)F)CC3)CC2)cc1. The van der Waals surface area contributed by atoms with Gasteiger partial charge in [-0.3, -0.25) is 4.79 Å². The number of carbonyl (C=O) groups excluding carboxylic acids is 2. The number of ether oxygens (including phenoxy) is 2. The predicted octanol–water partition coefficient (Wildman–Crippen LogP) is 4.32. The number of benzene rings is 1. The molecule has 1 saturated heterocycles. The molecular formula is C22H28F3NO4. The Morgan fingerprint density at radius 1 is 1.17 bits per heavy atom. The molecular weight excluding hydrogens is 399 g/mol. The molecule has 30 heavy (non-hydrogen) atoms. The number of likely N-dealkylation sites (tertiary alicyclic amines) is 1. The van der Waals surface area contributed by atoms with Gasteiger partial charge in [0, 0.05) is 13.1 Å². The molecule has 1 aromatic carbocycles. The molecule has 166 valence electrons. The zero-order chi connectivity index (χ0) is 21.9. The van der Waals surface area contributed by atoms with Crippen molar-refractivity contribution in [3.63, 3.8) is 0 Å².